The maximum atomic E-state index is 5.54. The Kier molecular flexibility index (Phi) is 4.52. The Morgan fingerprint density at radius 2 is 1.96 bits per heavy atom. The predicted octanol–water partition coefficient (Wildman–Crippen LogP) is 1.80. The Bertz CT molecular complexity index is 914. The minimum atomic E-state index is 0.196. The van der Waals surface area contributed by atoms with Gasteiger partial charge in [-0.05, 0) is 25.3 Å². The maximum Gasteiger partial charge on any atom is 0.225 e. The molecule has 0 radical (unpaired) electrons. The first-order chi connectivity index (χ1) is 13.8. The summed E-state index contributed by atoms with van der Waals surface area (Å²) in [5, 5.41) is 9.16. The molecule has 9 heteroatoms. The second-order valence-corrected chi connectivity index (χ2v) is 7.61. The smallest absolute Gasteiger partial charge is 0.225 e. The predicted molar refractivity (Wildman–Crippen MR) is 102 cm³/mol. The van der Waals surface area contributed by atoms with Crippen LogP contribution in [0.25, 0.3) is 0 Å². The Labute approximate surface area is 163 Å². The number of rotatable bonds is 4. The number of aryl methyl sites for hydroxylation is 1. The number of fused-ring (bicyclic) bond motifs is 1. The summed E-state index contributed by atoms with van der Waals surface area (Å²) in [5.41, 5.74) is 2.16. The van der Waals surface area contributed by atoms with E-state index < -0.39 is 0 Å². The van der Waals surface area contributed by atoms with Crippen molar-refractivity contribution in [1.29, 1.82) is 0 Å². The fourth-order valence-electron chi connectivity index (χ4n) is 4.16. The molecule has 3 aromatic heterocycles. The average molecular weight is 380 g/mol. The Balaban J connectivity index is 1.49. The van der Waals surface area contributed by atoms with Crippen molar-refractivity contribution in [1.82, 2.24) is 34.7 Å². The van der Waals surface area contributed by atoms with Gasteiger partial charge in [0.2, 0.25) is 5.95 Å². The average Bonchev–Trinajstić information content (AvgIpc) is 3.39. The first-order valence-corrected chi connectivity index (χ1v) is 9.80. The number of nitrogens with zero attached hydrogens (tertiary/aromatic N) is 7. The molecule has 0 saturated carbocycles. The van der Waals surface area contributed by atoms with Gasteiger partial charge in [0, 0.05) is 56.4 Å². The van der Waals surface area contributed by atoms with Gasteiger partial charge in [0.25, 0.3) is 0 Å². The Hall–Kier alpha value is -2.81. The zero-order valence-electron chi connectivity index (χ0n) is 16.0. The lowest BCUT2D eigenvalue weighted by atomic mass is 9.98. The Morgan fingerprint density at radius 3 is 2.71 bits per heavy atom. The summed E-state index contributed by atoms with van der Waals surface area (Å²) in [5.74, 6) is 3.21. The second kappa shape index (κ2) is 7.31. The third-order valence-electron chi connectivity index (χ3n) is 5.57. The molecular weight excluding hydrogens is 356 g/mol. The van der Waals surface area contributed by atoms with Crippen molar-refractivity contribution in [2.45, 2.75) is 44.7 Å². The van der Waals surface area contributed by atoms with E-state index in [1.54, 1.807) is 6.33 Å². The molecule has 3 aromatic rings. The van der Waals surface area contributed by atoms with Crippen LogP contribution in [-0.4, -0.2) is 54.5 Å². The number of ether oxygens (including phenoxy) is 1. The Morgan fingerprint density at radius 1 is 1.14 bits per heavy atom. The van der Waals surface area contributed by atoms with Crippen LogP contribution in [0.3, 0.4) is 0 Å². The van der Waals surface area contributed by atoms with Gasteiger partial charge in [-0.2, -0.15) is 0 Å². The van der Waals surface area contributed by atoms with Crippen LogP contribution in [-0.2, 0) is 17.7 Å². The molecule has 5 rings (SSSR count). The van der Waals surface area contributed by atoms with Crippen molar-refractivity contribution in [3.8, 4) is 0 Å². The van der Waals surface area contributed by atoms with Gasteiger partial charge in [-0.3, -0.25) is 0 Å². The molecule has 9 nitrogen and oxygen atoms in total. The van der Waals surface area contributed by atoms with E-state index in [2.05, 4.69) is 39.6 Å². The number of imidazole rings is 1. The molecule has 1 saturated heterocycles. The van der Waals surface area contributed by atoms with Gasteiger partial charge in [-0.1, -0.05) is 0 Å². The van der Waals surface area contributed by atoms with Crippen LogP contribution in [0.15, 0.2) is 24.9 Å². The quantitative estimate of drug-likeness (QED) is 0.737. The summed E-state index contributed by atoms with van der Waals surface area (Å²) < 4.78 is 7.89. The zero-order chi connectivity index (χ0) is 18.9. The van der Waals surface area contributed by atoms with Crippen LogP contribution >= 0.6 is 0 Å². The van der Waals surface area contributed by atoms with Crippen molar-refractivity contribution in [3.05, 3.63) is 47.8 Å². The fourth-order valence-corrected chi connectivity index (χ4v) is 4.16. The van der Waals surface area contributed by atoms with Gasteiger partial charge < -0.3 is 19.2 Å². The summed E-state index contributed by atoms with van der Waals surface area (Å²) in [6, 6.07) is 0.196. The van der Waals surface area contributed by atoms with Gasteiger partial charge in [-0.25, -0.2) is 15.0 Å². The van der Waals surface area contributed by atoms with Crippen LogP contribution < -0.4 is 4.90 Å². The maximum absolute atomic E-state index is 5.54. The number of aromatic nitrogens is 7. The van der Waals surface area contributed by atoms with Gasteiger partial charge in [0.1, 0.15) is 5.82 Å². The molecular formula is C19H24N8O. The van der Waals surface area contributed by atoms with E-state index >= 15 is 0 Å². The third kappa shape index (κ3) is 3.26. The van der Waals surface area contributed by atoms with Crippen LogP contribution in [0.5, 0.6) is 0 Å². The highest BCUT2D eigenvalue weighted by molar-refractivity contribution is 5.33. The van der Waals surface area contributed by atoms with Gasteiger partial charge >= 0.3 is 0 Å². The summed E-state index contributed by atoms with van der Waals surface area (Å²) >= 11 is 0. The molecule has 28 heavy (non-hydrogen) atoms. The molecule has 2 aliphatic rings. The summed E-state index contributed by atoms with van der Waals surface area (Å²) in [4.78, 5) is 18.7. The molecule has 2 aliphatic heterocycles. The number of H-pyrrole nitrogens is 1. The van der Waals surface area contributed by atoms with Crippen molar-refractivity contribution >= 4 is 5.95 Å². The second-order valence-electron chi connectivity index (χ2n) is 7.61. The minimum absolute atomic E-state index is 0.196. The molecule has 1 N–H and O–H groups in total. The van der Waals surface area contributed by atoms with Crippen LogP contribution in [0.1, 0.15) is 47.7 Å². The van der Waals surface area contributed by atoms with Crippen LogP contribution in [0.4, 0.5) is 5.95 Å². The fraction of sp³-hybridized carbons (Fsp3) is 0.526. The number of aromatic amines is 1. The molecule has 0 aliphatic carbocycles. The lowest BCUT2D eigenvalue weighted by Gasteiger charge is -2.35. The van der Waals surface area contributed by atoms with E-state index in [1.807, 2.05) is 25.5 Å². The molecule has 5 heterocycles. The van der Waals surface area contributed by atoms with E-state index in [-0.39, 0.29) is 6.04 Å². The molecule has 0 amide bonds. The molecule has 0 spiro atoms. The molecule has 0 bridgehead atoms. The van der Waals surface area contributed by atoms with Crippen molar-refractivity contribution in [2.24, 2.45) is 0 Å². The number of anilines is 1. The minimum Gasteiger partial charge on any atom is -0.381 e. The highest BCUT2D eigenvalue weighted by Crippen LogP contribution is 2.33. The highest BCUT2D eigenvalue weighted by atomic mass is 16.5. The molecule has 146 valence electrons. The van der Waals surface area contributed by atoms with Crippen molar-refractivity contribution in [3.63, 3.8) is 0 Å². The first kappa shape index (κ1) is 17.3. The summed E-state index contributed by atoms with van der Waals surface area (Å²) in [6.45, 7) is 5.06. The third-order valence-corrected chi connectivity index (χ3v) is 5.57. The number of nitrogens with one attached hydrogen (secondary N) is 1. The molecule has 1 fully saturated rings. The highest BCUT2D eigenvalue weighted by Gasteiger charge is 2.33. The van der Waals surface area contributed by atoms with Gasteiger partial charge in [-0.15, -0.1) is 10.2 Å². The SMILES string of the molecule is Cc1cnc(N2Cc3nnc(C4CCOCC4)n3[C@@H](Cc3cnc[nH]3)C2)nc1. The summed E-state index contributed by atoms with van der Waals surface area (Å²) in [6.07, 6.45) is 10.2. The van der Waals surface area contributed by atoms with E-state index in [9.17, 15) is 0 Å². The van der Waals surface area contributed by atoms with Crippen LogP contribution in [0.2, 0.25) is 0 Å². The zero-order valence-corrected chi connectivity index (χ0v) is 16.0. The van der Waals surface area contributed by atoms with E-state index in [0.717, 1.165) is 67.9 Å². The first-order valence-electron chi connectivity index (χ1n) is 9.80. The van der Waals surface area contributed by atoms with Crippen molar-refractivity contribution in [2.75, 3.05) is 24.7 Å². The standard InChI is InChI=1S/C19H24N8O/c1-13-7-21-19(22-8-13)26-10-16(6-15-9-20-12-23-15)27-17(11-26)24-25-18(27)14-2-4-28-5-3-14/h7-9,12,14,16H,2-6,10-11H2,1H3,(H,20,23)/t16-/m0/s1. The lowest BCUT2D eigenvalue weighted by Crippen LogP contribution is -2.40. The van der Waals surface area contributed by atoms with E-state index in [4.69, 9.17) is 4.74 Å². The van der Waals surface area contributed by atoms with E-state index in [1.165, 1.54) is 0 Å². The van der Waals surface area contributed by atoms with Crippen LogP contribution in [0, 0.1) is 6.92 Å². The largest absolute Gasteiger partial charge is 0.381 e. The monoisotopic (exact) mass is 380 g/mol. The lowest BCUT2D eigenvalue weighted by molar-refractivity contribution is 0.0822. The molecule has 1 atom stereocenters. The molecule has 0 unspecified atom stereocenters. The van der Waals surface area contributed by atoms with Gasteiger partial charge in [0.15, 0.2) is 5.82 Å². The number of hydrogen-bond donors (Lipinski definition) is 1. The topological polar surface area (TPSA) is 97.6 Å². The van der Waals surface area contributed by atoms with E-state index in [0.29, 0.717) is 12.5 Å². The molecule has 0 aromatic carbocycles. The normalized spacial score (nSPS) is 20.3. The van der Waals surface area contributed by atoms with Crippen molar-refractivity contribution < 1.29 is 4.74 Å². The van der Waals surface area contributed by atoms with Gasteiger partial charge in [0.05, 0.1) is 18.9 Å². The number of hydrogen-bond acceptors (Lipinski definition) is 7. The summed E-state index contributed by atoms with van der Waals surface area (Å²) in [7, 11) is 0.